The Balaban J connectivity index is 0.00000162. The van der Waals surface area contributed by atoms with Crippen molar-refractivity contribution in [3.05, 3.63) is 35.9 Å². The first kappa shape index (κ1) is 14.7. The van der Waals surface area contributed by atoms with Crippen molar-refractivity contribution in [2.45, 2.75) is 24.7 Å². The molecule has 1 heterocycles. The number of nitrogens with two attached hydrogens (primary N) is 1. The molecule has 1 aromatic rings. The normalized spacial score (nSPS) is 24.9. The molecule has 0 aromatic heterocycles. The molecule has 0 radical (unpaired) electrons. The van der Waals surface area contributed by atoms with E-state index in [9.17, 15) is 4.79 Å². The molecule has 0 aliphatic carbocycles. The van der Waals surface area contributed by atoms with E-state index in [0.717, 1.165) is 37.9 Å². The molecule has 1 aliphatic heterocycles. The molecule has 0 spiro atoms. The van der Waals surface area contributed by atoms with E-state index in [1.807, 2.05) is 30.3 Å². The zero-order chi connectivity index (χ0) is 12.3. The molecule has 100 valence electrons. The van der Waals surface area contributed by atoms with E-state index >= 15 is 0 Å². The Morgan fingerprint density at radius 3 is 2.50 bits per heavy atom. The van der Waals surface area contributed by atoms with E-state index in [1.165, 1.54) is 0 Å². The summed E-state index contributed by atoms with van der Waals surface area (Å²) < 4.78 is 0. The average molecular weight is 250 g/mol. The van der Waals surface area contributed by atoms with Gasteiger partial charge in [-0.3, -0.25) is 4.79 Å². The Bertz CT molecular complexity index is 394. The molecular weight excluding hydrogens is 228 g/mol. The van der Waals surface area contributed by atoms with Gasteiger partial charge in [0.15, 0.2) is 0 Å². The second-order valence-electron chi connectivity index (χ2n) is 4.97. The van der Waals surface area contributed by atoms with Crippen LogP contribution >= 0.6 is 0 Å². The summed E-state index contributed by atoms with van der Waals surface area (Å²) in [5, 5.41) is 0. The fourth-order valence-corrected chi connectivity index (χ4v) is 2.70. The molecule has 0 saturated carbocycles. The monoisotopic (exact) mass is 250 g/mol. The largest absolute Gasteiger partial charge is 0.412 e. The maximum Gasteiger partial charge on any atom is 0.228 e. The number of nitrogens with zero attached hydrogens (tertiary/aromatic N) is 1. The highest BCUT2D eigenvalue weighted by atomic mass is 16.1. The van der Waals surface area contributed by atoms with E-state index in [0.29, 0.717) is 0 Å². The maximum absolute atomic E-state index is 11.9. The van der Waals surface area contributed by atoms with Crippen LogP contribution in [0.4, 0.5) is 0 Å². The van der Waals surface area contributed by atoms with Crippen LogP contribution < -0.4 is 5.73 Å². The smallest absolute Gasteiger partial charge is 0.228 e. The summed E-state index contributed by atoms with van der Waals surface area (Å²) in [5.74, 6) is -0.181. The van der Waals surface area contributed by atoms with Gasteiger partial charge < -0.3 is 16.1 Å². The van der Waals surface area contributed by atoms with Gasteiger partial charge in [0.1, 0.15) is 0 Å². The van der Waals surface area contributed by atoms with Crippen molar-refractivity contribution in [2.75, 3.05) is 20.1 Å². The van der Waals surface area contributed by atoms with Gasteiger partial charge in [-0.25, -0.2) is 0 Å². The van der Waals surface area contributed by atoms with Crippen molar-refractivity contribution in [1.29, 1.82) is 0 Å². The highest BCUT2D eigenvalue weighted by Crippen LogP contribution is 2.34. The van der Waals surface area contributed by atoms with Crippen LogP contribution in [-0.2, 0) is 10.2 Å². The van der Waals surface area contributed by atoms with Crippen molar-refractivity contribution in [3.8, 4) is 0 Å². The van der Waals surface area contributed by atoms with E-state index < -0.39 is 5.41 Å². The number of hydrogen-bond acceptors (Lipinski definition) is 2. The van der Waals surface area contributed by atoms with Crippen LogP contribution in [0.2, 0.25) is 0 Å². The van der Waals surface area contributed by atoms with Gasteiger partial charge in [-0.1, -0.05) is 30.3 Å². The van der Waals surface area contributed by atoms with E-state index in [-0.39, 0.29) is 11.4 Å². The first-order valence-corrected chi connectivity index (χ1v) is 6.19. The number of benzene rings is 1. The summed E-state index contributed by atoms with van der Waals surface area (Å²) in [6, 6.07) is 9.98. The van der Waals surface area contributed by atoms with Crippen LogP contribution in [0.3, 0.4) is 0 Å². The lowest BCUT2D eigenvalue weighted by Crippen LogP contribution is -2.42. The molecule has 0 bridgehead atoms. The Labute approximate surface area is 108 Å². The van der Waals surface area contributed by atoms with Crippen LogP contribution in [0.1, 0.15) is 24.8 Å². The highest BCUT2D eigenvalue weighted by Gasteiger charge is 2.39. The fraction of sp³-hybridized carbons (Fsp3) is 0.500. The van der Waals surface area contributed by atoms with Gasteiger partial charge in [0.05, 0.1) is 5.41 Å². The second-order valence-corrected chi connectivity index (χ2v) is 4.97. The molecule has 1 atom stereocenters. The molecule has 2 rings (SSSR count). The number of carbonyl (C=O) groups excluding carboxylic acids is 1. The van der Waals surface area contributed by atoms with Gasteiger partial charge in [-0.2, -0.15) is 0 Å². The summed E-state index contributed by atoms with van der Waals surface area (Å²) in [6.45, 7) is 1.97. The molecule has 4 N–H and O–H groups in total. The fourth-order valence-electron chi connectivity index (χ4n) is 2.70. The first-order valence-electron chi connectivity index (χ1n) is 6.19. The minimum Gasteiger partial charge on any atom is -0.412 e. The van der Waals surface area contributed by atoms with Gasteiger partial charge in [0.25, 0.3) is 0 Å². The highest BCUT2D eigenvalue weighted by molar-refractivity contribution is 5.86. The quantitative estimate of drug-likeness (QED) is 0.838. The van der Waals surface area contributed by atoms with Crippen LogP contribution in [0.25, 0.3) is 0 Å². The van der Waals surface area contributed by atoms with Gasteiger partial charge in [-0.15, -0.1) is 0 Å². The standard InChI is InChI=1S/C14H20N2O.H2O/c1-16-10-5-8-14(9-11-16,13(15)17)12-6-3-2-4-7-12;/h2-4,6-7H,5,8-11H2,1H3,(H2,15,17);1H2. The van der Waals surface area contributed by atoms with Gasteiger partial charge in [0, 0.05) is 0 Å². The topological polar surface area (TPSA) is 77.8 Å². The Morgan fingerprint density at radius 2 is 1.89 bits per heavy atom. The van der Waals surface area contributed by atoms with Crippen LogP contribution in [-0.4, -0.2) is 36.4 Å². The minimum absolute atomic E-state index is 0. The van der Waals surface area contributed by atoms with Crippen LogP contribution in [0.5, 0.6) is 0 Å². The zero-order valence-corrected chi connectivity index (χ0v) is 10.9. The molecule has 1 saturated heterocycles. The second kappa shape index (κ2) is 5.98. The van der Waals surface area contributed by atoms with Gasteiger partial charge in [0.2, 0.25) is 5.91 Å². The summed E-state index contributed by atoms with van der Waals surface area (Å²) in [5.41, 5.74) is 6.30. The van der Waals surface area contributed by atoms with Crippen molar-refractivity contribution in [1.82, 2.24) is 4.90 Å². The predicted octanol–water partition coefficient (Wildman–Crippen LogP) is 0.701. The average Bonchev–Trinajstić information content (AvgIpc) is 2.53. The Hall–Kier alpha value is -1.39. The summed E-state index contributed by atoms with van der Waals surface area (Å²) in [6.07, 6.45) is 2.70. The number of primary amides is 1. The molecule has 18 heavy (non-hydrogen) atoms. The molecule has 1 amide bonds. The Kier molecular flexibility index (Phi) is 4.87. The van der Waals surface area contributed by atoms with Crippen molar-refractivity contribution in [2.24, 2.45) is 5.73 Å². The summed E-state index contributed by atoms with van der Waals surface area (Å²) in [4.78, 5) is 14.2. The van der Waals surface area contributed by atoms with E-state index in [4.69, 9.17) is 5.73 Å². The predicted molar refractivity (Wildman–Crippen MR) is 72.3 cm³/mol. The van der Waals surface area contributed by atoms with Crippen LogP contribution in [0, 0.1) is 0 Å². The molecule has 4 heteroatoms. The molecule has 4 nitrogen and oxygen atoms in total. The van der Waals surface area contributed by atoms with Gasteiger partial charge >= 0.3 is 0 Å². The third-order valence-electron chi connectivity index (χ3n) is 3.86. The number of likely N-dealkylation sites (tertiary alicyclic amines) is 1. The molecule has 1 fully saturated rings. The van der Waals surface area contributed by atoms with Crippen molar-refractivity contribution < 1.29 is 10.3 Å². The van der Waals surface area contributed by atoms with Crippen molar-refractivity contribution >= 4 is 5.91 Å². The van der Waals surface area contributed by atoms with E-state index in [1.54, 1.807) is 0 Å². The number of carbonyl (C=O) groups is 1. The number of amides is 1. The lowest BCUT2D eigenvalue weighted by atomic mass is 9.74. The first-order chi connectivity index (χ1) is 8.15. The van der Waals surface area contributed by atoms with Crippen molar-refractivity contribution in [3.63, 3.8) is 0 Å². The molecular formula is C14H22N2O2. The molecule has 1 aliphatic rings. The summed E-state index contributed by atoms with van der Waals surface area (Å²) >= 11 is 0. The molecule has 1 aromatic carbocycles. The number of hydrogen-bond donors (Lipinski definition) is 1. The molecule has 1 unspecified atom stereocenters. The lowest BCUT2D eigenvalue weighted by Gasteiger charge is -2.29. The zero-order valence-electron chi connectivity index (χ0n) is 10.9. The lowest BCUT2D eigenvalue weighted by molar-refractivity contribution is -0.124. The maximum atomic E-state index is 11.9. The van der Waals surface area contributed by atoms with Gasteiger partial charge in [-0.05, 0) is 45.0 Å². The van der Waals surface area contributed by atoms with E-state index in [2.05, 4.69) is 11.9 Å². The Morgan fingerprint density at radius 1 is 1.22 bits per heavy atom. The minimum atomic E-state index is -0.466. The SMILES string of the molecule is CN1CCCC(C(N)=O)(c2ccccc2)CC1.O. The third-order valence-corrected chi connectivity index (χ3v) is 3.86. The summed E-state index contributed by atoms with van der Waals surface area (Å²) in [7, 11) is 2.10. The number of rotatable bonds is 2. The van der Waals surface area contributed by atoms with Crippen LogP contribution in [0.15, 0.2) is 30.3 Å². The third kappa shape index (κ3) is 2.71.